The second-order valence-corrected chi connectivity index (χ2v) is 13.8. The summed E-state index contributed by atoms with van der Waals surface area (Å²) in [6, 6.07) is 25.8. The summed E-state index contributed by atoms with van der Waals surface area (Å²) < 4.78 is 4.75. The molecule has 0 amide bonds. The molecule has 7 rings (SSSR count). The molecule has 0 bridgehead atoms. The van der Waals surface area contributed by atoms with E-state index in [2.05, 4.69) is 95.8 Å². The normalized spacial score (nSPS) is 15.8. The molecule has 0 saturated carbocycles. The molecule has 1 N–H and O–H groups in total. The molecule has 1 aliphatic carbocycles. The number of nitrogens with zero attached hydrogens (tertiary/aromatic N) is 2. The van der Waals surface area contributed by atoms with Crippen molar-refractivity contribution in [3.05, 3.63) is 107 Å². The second kappa shape index (κ2) is 14.4. The molecule has 0 fully saturated rings. The largest absolute Gasteiger partial charge is 0.506 e. The van der Waals surface area contributed by atoms with E-state index in [9.17, 15) is 9.90 Å². The van der Waals surface area contributed by atoms with Crippen LogP contribution in [0.1, 0.15) is 96.5 Å². The van der Waals surface area contributed by atoms with Gasteiger partial charge in [0.2, 0.25) is 17.2 Å². The molecule has 48 heavy (non-hydrogen) atoms. The van der Waals surface area contributed by atoms with Crippen molar-refractivity contribution in [2.24, 2.45) is 0 Å². The number of aliphatic hydroxyl groups is 1. The van der Waals surface area contributed by atoms with Gasteiger partial charge in [-0.1, -0.05) is 126 Å². The molecule has 0 spiro atoms. The quantitative estimate of drug-likeness (QED) is 0.0665. The highest BCUT2D eigenvalue weighted by Gasteiger charge is 2.37. The van der Waals surface area contributed by atoms with Crippen molar-refractivity contribution < 1.29 is 14.5 Å². The van der Waals surface area contributed by atoms with Crippen LogP contribution in [-0.4, -0.2) is 32.3 Å². The van der Waals surface area contributed by atoms with Gasteiger partial charge in [0, 0.05) is 46.7 Å². The van der Waals surface area contributed by atoms with Crippen molar-refractivity contribution in [2.45, 2.75) is 97.4 Å². The molecule has 0 saturated heterocycles. The van der Waals surface area contributed by atoms with Crippen molar-refractivity contribution in [1.82, 2.24) is 4.57 Å². The number of unbranched alkanes of at least 4 members (excludes halogenated alkanes) is 10. The first kappa shape index (κ1) is 32.1. The Morgan fingerprint density at radius 1 is 0.688 bits per heavy atom. The molecule has 5 aromatic rings. The fraction of sp³-hybridized carbons (Fsp3) is 0.364. The fourth-order valence-electron chi connectivity index (χ4n) is 7.95. The van der Waals surface area contributed by atoms with Crippen molar-refractivity contribution in [3.63, 3.8) is 0 Å². The van der Waals surface area contributed by atoms with Crippen molar-refractivity contribution in [1.29, 1.82) is 0 Å². The lowest BCUT2D eigenvalue weighted by Gasteiger charge is -2.18. The van der Waals surface area contributed by atoms with Crippen LogP contribution < -0.4 is 5.35 Å². The van der Waals surface area contributed by atoms with E-state index in [0.717, 1.165) is 47.9 Å². The van der Waals surface area contributed by atoms with Gasteiger partial charge in [-0.15, -0.1) is 0 Å². The summed E-state index contributed by atoms with van der Waals surface area (Å²) in [6.45, 7) is 6.29. The van der Waals surface area contributed by atoms with Crippen LogP contribution in [0.15, 0.2) is 95.8 Å². The summed E-state index contributed by atoms with van der Waals surface area (Å²) in [5.41, 5.74) is 5.36. The van der Waals surface area contributed by atoms with Crippen LogP contribution in [0.3, 0.4) is 0 Å². The van der Waals surface area contributed by atoms with Gasteiger partial charge in [-0.2, -0.15) is 4.58 Å². The summed E-state index contributed by atoms with van der Waals surface area (Å²) in [4.78, 5) is 13.9. The zero-order chi connectivity index (χ0) is 33.0. The number of aliphatic hydroxyl groups excluding tert-OH is 1. The minimum atomic E-state index is -0.0854. The van der Waals surface area contributed by atoms with Gasteiger partial charge in [-0.25, -0.2) is 0 Å². The molecule has 1 aliphatic heterocycles. The molecule has 0 atom stereocenters. The Labute approximate surface area is 284 Å². The predicted octanol–water partition coefficient (Wildman–Crippen LogP) is 10.6. The Morgan fingerprint density at radius 3 is 2.04 bits per heavy atom. The minimum Gasteiger partial charge on any atom is -0.506 e. The maximum absolute atomic E-state index is 13.9. The van der Waals surface area contributed by atoms with Gasteiger partial charge < -0.3 is 9.67 Å². The van der Waals surface area contributed by atoms with Crippen molar-refractivity contribution >= 4 is 55.7 Å². The van der Waals surface area contributed by atoms with Gasteiger partial charge in [0.1, 0.15) is 12.3 Å². The lowest BCUT2D eigenvalue weighted by atomic mass is 9.86. The van der Waals surface area contributed by atoms with E-state index < -0.39 is 0 Å². The lowest BCUT2D eigenvalue weighted by Crippen LogP contribution is -2.26. The number of Topliss-reactive ketones (excluding diaryl/α,β-unsaturated/α-hetero) is 1. The summed E-state index contributed by atoms with van der Waals surface area (Å²) in [5, 5.41) is 18.6. The number of rotatable bonds is 16. The Morgan fingerprint density at radius 2 is 1.31 bits per heavy atom. The Kier molecular flexibility index (Phi) is 9.61. The molecule has 2 aliphatic rings. The highest BCUT2D eigenvalue weighted by Crippen LogP contribution is 2.38. The van der Waals surface area contributed by atoms with Crippen LogP contribution in [-0.2, 0) is 11.3 Å². The van der Waals surface area contributed by atoms with Gasteiger partial charge >= 0.3 is 0 Å². The first-order chi connectivity index (χ1) is 23.6. The molecule has 0 unspecified atom stereocenters. The van der Waals surface area contributed by atoms with E-state index in [-0.39, 0.29) is 11.5 Å². The number of benzene rings is 4. The maximum atomic E-state index is 13.9. The van der Waals surface area contributed by atoms with Crippen LogP contribution in [0.5, 0.6) is 0 Å². The van der Waals surface area contributed by atoms with E-state index in [1.165, 1.54) is 97.0 Å². The number of allylic oxidation sites excluding steroid dienone is 3. The van der Waals surface area contributed by atoms with Crippen LogP contribution >= 0.6 is 0 Å². The average molecular weight is 638 g/mol. The fourth-order valence-corrected chi connectivity index (χ4v) is 7.95. The number of carbonyl (C=O) groups excluding carboxylic acids is 1. The molecule has 246 valence electrons. The van der Waals surface area contributed by atoms with E-state index in [4.69, 9.17) is 0 Å². The van der Waals surface area contributed by atoms with Crippen LogP contribution in [0.4, 0.5) is 5.69 Å². The lowest BCUT2D eigenvalue weighted by molar-refractivity contribution is -0.436. The standard InChI is InChI=1S/C44H48N2O2/c1-3-5-7-9-11-13-27-45-37-25-17-21-31-19-15-23-33(41(31)37)39(45)29-35-43(47)36(44(35)48)30-40-34-24-16-20-32-22-18-26-38(42(32)34)46(40)28-14-12-10-8-6-4-2/h15-26,29-30H,3-14,27-28H2,1-2H3/p+1. The molecule has 4 heteroatoms. The molecule has 0 radical (unpaired) electrons. The Balaban J connectivity index is 1.25. The number of aryl methyl sites for hydroxylation is 1. The minimum absolute atomic E-state index is 0.0854. The summed E-state index contributed by atoms with van der Waals surface area (Å²) >= 11 is 0. The number of aromatic nitrogens is 1. The summed E-state index contributed by atoms with van der Waals surface area (Å²) in [6.07, 6.45) is 18.6. The zero-order valence-electron chi connectivity index (χ0n) is 28.7. The van der Waals surface area contributed by atoms with Gasteiger partial charge in [-0.3, -0.25) is 4.79 Å². The number of hydrogen-bond acceptors (Lipinski definition) is 2. The smallest absolute Gasteiger partial charge is 0.214 e. The van der Waals surface area contributed by atoms with E-state index >= 15 is 0 Å². The molecular weight excluding hydrogens is 588 g/mol. The second-order valence-electron chi connectivity index (χ2n) is 13.8. The van der Waals surface area contributed by atoms with Crippen LogP contribution in [0.2, 0.25) is 0 Å². The van der Waals surface area contributed by atoms with Crippen molar-refractivity contribution in [2.75, 3.05) is 6.54 Å². The number of hydrogen-bond donors (Lipinski definition) is 1. The van der Waals surface area contributed by atoms with Crippen LogP contribution in [0.25, 0.3) is 38.5 Å². The van der Waals surface area contributed by atoms with Crippen LogP contribution in [0, 0.1) is 0 Å². The molecule has 4 nitrogen and oxygen atoms in total. The highest BCUT2D eigenvalue weighted by molar-refractivity contribution is 6.29. The van der Waals surface area contributed by atoms with E-state index in [1.54, 1.807) is 0 Å². The summed E-state index contributed by atoms with van der Waals surface area (Å²) in [7, 11) is 0. The Hall–Kier alpha value is -4.44. The maximum Gasteiger partial charge on any atom is 0.214 e. The van der Waals surface area contributed by atoms with Crippen molar-refractivity contribution in [3.8, 4) is 0 Å². The Bertz CT molecular complexity index is 2130. The number of ketones is 1. The molecule has 2 heterocycles. The topological polar surface area (TPSA) is 45.2 Å². The third-order valence-corrected chi connectivity index (χ3v) is 10.5. The third-order valence-electron chi connectivity index (χ3n) is 10.5. The molecule has 4 aromatic carbocycles. The predicted molar refractivity (Wildman–Crippen MR) is 201 cm³/mol. The van der Waals surface area contributed by atoms with Gasteiger partial charge in [0.05, 0.1) is 22.1 Å². The molecule has 1 aromatic heterocycles. The summed E-state index contributed by atoms with van der Waals surface area (Å²) in [5.74, 6) is 0.0167. The first-order valence-corrected chi connectivity index (χ1v) is 18.5. The first-order valence-electron chi connectivity index (χ1n) is 18.5. The zero-order valence-corrected chi connectivity index (χ0v) is 28.7. The highest BCUT2D eigenvalue weighted by atomic mass is 16.3. The average Bonchev–Trinajstić information content (AvgIpc) is 3.59. The monoisotopic (exact) mass is 637 g/mol. The molecular formula is C44H49N2O2+. The SMILES string of the molecule is CCCCCCCCn1c(=CC2=C(O)C(=CC3=[N+](CCCCCCCC)c4cccc5cccc3c45)C2=O)c2cccc3cccc1c32. The number of carbonyl (C=O) groups is 1. The van der Waals surface area contributed by atoms with Gasteiger partial charge in [-0.05, 0) is 41.8 Å². The van der Waals surface area contributed by atoms with E-state index in [1.807, 2.05) is 12.2 Å². The third kappa shape index (κ3) is 5.91. The van der Waals surface area contributed by atoms with Gasteiger partial charge in [0.25, 0.3) is 0 Å². The van der Waals surface area contributed by atoms with E-state index in [0.29, 0.717) is 11.1 Å². The van der Waals surface area contributed by atoms with Gasteiger partial charge in [0.15, 0.2) is 0 Å².